The summed E-state index contributed by atoms with van der Waals surface area (Å²) in [5.41, 5.74) is 5.02. The van der Waals surface area contributed by atoms with Crippen molar-refractivity contribution in [2.75, 3.05) is 36.9 Å². The lowest BCUT2D eigenvalue weighted by Gasteiger charge is -2.21. The van der Waals surface area contributed by atoms with E-state index in [1.807, 2.05) is 30.3 Å². The van der Waals surface area contributed by atoms with E-state index in [9.17, 15) is 9.59 Å². The smallest absolute Gasteiger partial charge is 0.354 e. The van der Waals surface area contributed by atoms with Crippen molar-refractivity contribution in [2.45, 2.75) is 83.5 Å². The van der Waals surface area contributed by atoms with Crippen LogP contribution in [0.25, 0.3) is 0 Å². The molecule has 1 aromatic heterocycles. The van der Waals surface area contributed by atoms with Gasteiger partial charge in [-0.2, -0.15) is 4.98 Å². The van der Waals surface area contributed by atoms with Gasteiger partial charge in [0.25, 0.3) is 0 Å². The molecule has 1 aliphatic heterocycles. The molecule has 1 saturated heterocycles. The molecule has 52 heavy (non-hydrogen) atoms. The number of carbonyl (C=O) groups excluding carboxylic acids is 1. The SMILES string of the molecule is CC/C=C\C/C=C\C/C=C\C/C=C\C/C=C\CCCC(=O)NCCSSCCNP(OCC1CCC(n2cnc(N)nc2=O)O1)Oc1ccccc1. The summed E-state index contributed by atoms with van der Waals surface area (Å²) in [6, 6.07) is 9.54. The number of aromatic nitrogens is 3. The van der Waals surface area contributed by atoms with Crippen LogP contribution in [0, 0.1) is 0 Å². The molecular weight excluding hydrogens is 716 g/mol. The minimum Gasteiger partial charge on any atom is -0.436 e. The van der Waals surface area contributed by atoms with Crippen LogP contribution in [0.5, 0.6) is 5.75 Å². The zero-order chi connectivity index (χ0) is 36.9. The van der Waals surface area contributed by atoms with E-state index >= 15 is 0 Å². The first kappa shape index (κ1) is 43.2. The Hall–Kier alpha value is -3.19. The number of unbranched alkanes of at least 4 members (excludes halogenated alkanes) is 1. The molecule has 0 bridgehead atoms. The molecule has 1 fully saturated rings. The summed E-state index contributed by atoms with van der Waals surface area (Å²) in [6.45, 7) is 3.80. The van der Waals surface area contributed by atoms with Crippen LogP contribution < -0.4 is 26.4 Å². The van der Waals surface area contributed by atoms with Crippen molar-refractivity contribution in [1.29, 1.82) is 0 Å². The Balaban J connectivity index is 1.19. The van der Waals surface area contributed by atoms with Crippen LogP contribution in [0.1, 0.15) is 77.4 Å². The van der Waals surface area contributed by atoms with E-state index in [-0.39, 0.29) is 18.0 Å². The van der Waals surface area contributed by atoms with Crippen LogP contribution in [-0.4, -0.2) is 57.7 Å². The van der Waals surface area contributed by atoms with Crippen LogP contribution in [0.4, 0.5) is 5.95 Å². The number of rotatable bonds is 27. The fourth-order valence-electron chi connectivity index (χ4n) is 4.77. The lowest BCUT2D eigenvalue weighted by atomic mass is 10.2. The number of nitrogens with one attached hydrogen (secondary N) is 2. The zero-order valence-electron chi connectivity index (χ0n) is 30.2. The highest BCUT2D eigenvalue weighted by molar-refractivity contribution is 8.76. The first-order valence-corrected chi connectivity index (χ1v) is 21.7. The van der Waals surface area contributed by atoms with Crippen molar-refractivity contribution < 1.29 is 18.6 Å². The largest absolute Gasteiger partial charge is 0.436 e. The number of nitrogen functional groups attached to an aromatic ring is 1. The van der Waals surface area contributed by atoms with Crippen molar-refractivity contribution >= 4 is 42.0 Å². The first-order valence-electron chi connectivity index (χ1n) is 18.1. The van der Waals surface area contributed by atoms with Gasteiger partial charge in [-0.05, 0) is 69.9 Å². The van der Waals surface area contributed by atoms with Gasteiger partial charge in [-0.25, -0.2) is 14.9 Å². The monoisotopic (exact) mass is 770 g/mol. The Kier molecular flexibility index (Phi) is 23.5. The van der Waals surface area contributed by atoms with Gasteiger partial charge in [0.1, 0.15) is 18.3 Å². The molecule has 2 aromatic rings. The number of anilines is 1. The zero-order valence-corrected chi connectivity index (χ0v) is 32.8. The van der Waals surface area contributed by atoms with Gasteiger partial charge in [-0.15, -0.1) is 0 Å². The van der Waals surface area contributed by atoms with E-state index in [1.165, 1.54) is 10.9 Å². The third-order valence-electron chi connectivity index (χ3n) is 7.40. The summed E-state index contributed by atoms with van der Waals surface area (Å²) >= 11 is 0. The van der Waals surface area contributed by atoms with Gasteiger partial charge < -0.3 is 24.8 Å². The molecule has 14 heteroatoms. The summed E-state index contributed by atoms with van der Waals surface area (Å²) in [5.74, 6) is 2.43. The van der Waals surface area contributed by atoms with Crippen LogP contribution in [0.2, 0.25) is 0 Å². The number of hydrogen-bond acceptors (Lipinski definition) is 11. The molecule has 1 aliphatic rings. The number of nitrogens with zero attached hydrogens (tertiary/aromatic N) is 3. The molecule has 11 nitrogen and oxygen atoms in total. The average molecular weight is 771 g/mol. The van der Waals surface area contributed by atoms with Crippen molar-refractivity contribution in [3.8, 4) is 5.75 Å². The number of amides is 1. The Labute approximate surface area is 318 Å². The summed E-state index contributed by atoms with van der Waals surface area (Å²) < 4.78 is 19.6. The Morgan fingerprint density at radius 1 is 0.962 bits per heavy atom. The van der Waals surface area contributed by atoms with Crippen LogP contribution >= 0.6 is 30.1 Å². The van der Waals surface area contributed by atoms with Gasteiger partial charge in [0, 0.05) is 31.0 Å². The third-order valence-corrected chi connectivity index (χ3v) is 11.0. The molecular formula is C38H55N6O5PS2. The normalized spacial score (nSPS) is 17.0. The van der Waals surface area contributed by atoms with E-state index in [4.69, 9.17) is 19.5 Å². The second kappa shape index (κ2) is 28.3. The molecule has 0 aliphatic carbocycles. The van der Waals surface area contributed by atoms with E-state index in [2.05, 4.69) is 88.1 Å². The molecule has 1 amide bonds. The standard InChI is InChI=1S/C38H55N6O5PS2/c1-2-3-4-5-6-7-8-9-10-11-12-13-14-15-16-17-21-24-35(45)40-27-29-51-52-30-28-42-50(49-33-22-19-18-20-23-33)47-31-34-25-26-36(48-34)44-32-41-37(39)43-38(44)46/h3-4,6-7,9-10,12-13,15-16,18-20,22-23,32,34,36,42H,2,5,8,11,14,17,21,24-31H2,1H3,(H,40,45)(H2,39,43,46)/b4-3-,7-6-,10-9-,13-12-,16-15-. The highest BCUT2D eigenvalue weighted by Crippen LogP contribution is 2.37. The van der Waals surface area contributed by atoms with Gasteiger partial charge in [0.05, 0.1) is 12.7 Å². The lowest BCUT2D eigenvalue weighted by Crippen LogP contribution is -2.29. The molecule has 0 spiro atoms. The minimum atomic E-state index is -1.42. The van der Waals surface area contributed by atoms with E-state index in [0.717, 1.165) is 62.9 Å². The van der Waals surface area contributed by atoms with Gasteiger partial charge >= 0.3 is 14.2 Å². The average Bonchev–Trinajstić information content (AvgIpc) is 3.62. The molecule has 0 saturated carbocycles. The quantitative estimate of drug-likeness (QED) is 0.0350. The Morgan fingerprint density at radius 2 is 1.62 bits per heavy atom. The Morgan fingerprint density at radius 3 is 2.29 bits per heavy atom. The van der Waals surface area contributed by atoms with Gasteiger partial charge in [-0.3, -0.25) is 9.36 Å². The molecule has 284 valence electrons. The maximum Gasteiger partial charge on any atom is 0.354 e. The molecule has 3 unspecified atom stereocenters. The highest BCUT2D eigenvalue weighted by atomic mass is 33.1. The third kappa shape index (κ3) is 20.2. The number of nitrogens with two attached hydrogens (primary N) is 1. The molecule has 1 aromatic carbocycles. The van der Waals surface area contributed by atoms with Gasteiger partial charge in [0.15, 0.2) is 0 Å². The molecule has 0 radical (unpaired) electrons. The fourth-order valence-corrected chi connectivity index (χ4v) is 7.85. The lowest BCUT2D eigenvalue weighted by molar-refractivity contribution is -0.121. The first-order chi connectivity index (χ1) is 25.5. The van der Waals surface area contributed by atoms with Crippen molar-refractivity contribution in [2.24, 2.45) is 0 Å². The summed E-state index contributed by atoms with van der Waals surface area (Å²) in [4.78, 5) is 31.9. The van der Waals surface area contributed by atoms with Crippen molar-refractivity contribution in [3.63, 3.8) is 0 Å². The second-order valence-corrected chi connectivity index (χ2v) is 15.6. The van der Waals surface area contributed by atoms with E-state index < -0.39 is 20.4 Å². The van der Waals surface area contributed by atoms with Crippen molar-refractivity contribution in [1.82, 2.24) is 24.9 Å². The molecule has 2 heterocycles. The minimum absolute atomic E-state index is 0.0587. The van der Waals surface area contributed by atoms with Crippen LogP contribution in [0.3, 0.4) is 0 Å². The maximum atomic E-state index is 12.2. The van der Waals surface area contributed by atoms with E-state index in [1.54, 1.807) is 21.6 Å². The predicted molar refractivity (Wildman–Crippen MR) is 218 cm³/mol. The number of para-hydroxylation sites is 1. The number of carbonyl (C=O) groups is 1. The summed E-state index contributed by atoms with van der Waals surface area (Å²) in [5, 5.41) is 6.40. The maximum absolute atomic E-state index is 12.2. The van der Waals surface area contributed by atoms with Crippen molar-refractivity contribution in [3.05, 3.63) is 108 Å². The predicted octanol–water partition coefficient (Wildman–Crippen LogP) is 8.23. The molecule has 3 atom stereocenters. The second-order valence-electron chi connectivity index (χ2n) is 11.7. The molecule has 4 N–H and O–H groups in total. The number of hydrogen-bond donors (Lipinski definition) is 3. The number of allylic oxidation sites excluding steroid dienone is 10. The fraction of sp³-hybridized carbons (Fsp3) is 0.474. The summed E-state index contributed by atoms with van der Waals surface area (Å²) in [6.07, 6.45) is 31.3. The summed E-state index contributed by atoms with van der Waals surface area (Å²) in [7, 11) is 2.05. The number of benzene rings is 1. The molecule has 3 rings (SSSR count). The highest BCUT2D eigenvalue weighted by Gasteiger charge is 2.29. The van der Waals surface area contributed by atoms with Gasteiger partial charge in [-0.1, -0.05) is 107 Å². The topological polar surface area (TPSA) is 143 Å². The van der Waals surface area contributed by atoms with Crippen LogP contribution in [0.15, 0.2) is 102 Å². The Bertz CT molecular complexity index is 1470. The number of ether oxygens (including phenoxy) is 1. The van der Waals surface area contributed by atoms with Gasteiger partial charge in [0.2, 0.25) is 11.9 Å². The van der Waals surface area contributed by atoms with Crippen LogP contribution in [-0.2, 0) is 14.1 Å². The van der Waals surface area contributed by atoms with E-state index in [0.29, 0.717) is 38.3 Å².